The van der Waals surface area contributed by atoms with Crippen molar-refractivity contribution in [1.29, 1.82) is 0 Å². The van der Waals surface area contributed by atoms with Gasteiger partial charge in [-0.15, -0.1) is 0 Å². The molecule has 130 valence electrons. The number of benzene rings is 2. The van der Waals surface area contributed by atoms with Gasteiger partial charge in [-0.2, -0.15) is 4.31 Å². The molecule has 0 fully saturated rings. The molecule has 4 nitrogen and oxygen atoms in total. The zero-order valence-corrected chi connectivity index (χ0v) is 16.6. The van der Waals surface area contributed by atoms with Gasteiger partial charge in [0, 0.05) is 23.6 Å². The van der Waals surface area contributed by atoms with Crippen molar-refractivity contribution < 1.29 is 8.42 Å². The molecule has 24 heavy (non-hydrogen) atoms. The lowest BCUT2D eigenvalue weighted by Crippen LogP contribution is -2.36. The van der Waals surface area contributed by atoms with Crippen LogP contribution in [0.1, 0.15) is 25.0 Å². The van der Waals surface area contributed by atoms with Gasteiger partial charge in [0.1, 0.15) is 0 Å². The van der Waals surface area contributed by atoms with Gasteiger partial charge in [0.2, 0.25) is 10.0 Å². The van der Waals surface area contributed by atoms with E-state index in [1.165, 1.54) is 4.31 Å². The van der Waals surface area contributed by atoms with E-state index in [2.05, 4.69) is 21.2 Å². The smallest absolute Gasteiger partial charge is 0.244 e. The molecule has 0 spiro atoms. The molecule has 2 rings (SSSR count). The molecule has 0 heterocycles. The van der Waals surface area contributed by atoms with Crippen LogP contribution in [-0.4, -0.2) is 25.8 Å². The Bertz CT molecular complexity index is 777. The van der Waals surface area contributed by atoms with Crippen LogP contribution in [0.3, 0.4) is 0 Å². The largest absolute Gasteiger partial charge is 0.316 e. The Labute approximate surface area is 153 Å². The predicted octanol–water partition coefficient (Wildman–Crippen LogP) is 3.77. The molecule has 6 heteroatoms. The molecule has 1 N–H and O–H groups in total. The Hall–Kier alpha value is -1.21. The van der Waals surface area contributed by atoms with Gasteiger partial charge in [-0.25, -0.2) is 8.42 Å². The molecule has 0 aliphatic carbocycles. The minimum Gasteiger partial charge on any atom is -0.316 e. The fourth-order valence-electron chi connectivity index (χ4n) is 2.49. The third-order valence-electron chi connectivity index (χ3n) is 3.72. The Balaban J connectivity index is 2.43. The van der Waals surface area contributed by atoms with E-state index in [1.807, 2.05) is 57.3 Å². The first-order valence-corrected chi connectivity index (χ1v) is 10.1. The van der Waals surface area contributed by atoms with Crippen molar-refractivity contribution in [2.45, 2.75) is 37.9 Å². The van der Waals surface area contributed by atoms with Gasteiger partial charge in [0.15, 0.2) is 0 Å². The fourth-order valence-corrected chi connectivity index (χ4v) is 5.10. The van der Waals surface area contributed by atoms with Crippen LogP contribution in [0.2, 0.25) is 0 Å². The van der Waals surface area contributed by atoms with Gasteiger partial charge < -0.3 is 5.32 Å². The average molecular weight is 411 g/mol. The maximum Gasteiger partial charge on any atom is 0.244 e. The number of sulfonamides is 1. The zero-order valence-electron chi connectivity index (χ0n) is 14.2. The van der Waals surface area contributed by atoms with Crippen LogP contribution in [-0.2, 0) is 23.1 Å². The number of halogens is 1. The lowest BCUT2D eigenvalue weighted by Gasteiger charge is -2.26. The summed E-state index contributed by atoms with van der Waals surface area (Å²) in [4.78, 5) is 0.305. The van der Waals surface area contributed by atoms with Gasteiger partial charge in [0.05, 0.1) is 4.90 Å². The van der Waals surface area contributed by atoms with Crippen molar-refractivity contribution in [3.05, 3.63) is 64.1 Å². The minimum atomic E-state index is -3.61. The van der Waals surface area contributed by atoms with Gasteiger partial charge >= 0.3 is 0 Å². The Morgan fingerprint density at radius 1 is 1.08 bits per heavy atom. The van der Waals surface area contributed by atoms with E-state index in [0.717, 1.165) is 11.1 Å². The zero-order chi connectivity index (χ0) is 17.7. The van der Waals surface area contributed by atoms with Crippen molar-refractivity contribution in [1.82, 2.24) is 9.62 Å². The number of rotatable bonds is 7. The summed E-state index contributed by atoms with van der Waals surface area (Å²) in [7, 11) is -1.77. The summed E-state index contributed by atoms with van der Waals surface area (Å²) in [6, 6.07) is 14.9. The van der Waals surface area contributed by atoms with E-state index < -0.39 is 10.0 Å². The molecule has 0 amide bonds. The molecule has 0 aromatic heterocycles. The van der Waals surface area contributed by atoms with Gasteiger partial charge in [0.25, 0.3) is 0 Å². The highest BCUT2D eigenvalue weighted by atomic mass is 79.9. The Morgan fingerprint density at radius 3 is 2.33 bits per heavy atom. The monoisotopic (exact) mass is 410 g/mol. The first kappa shape index (κ1) is 19.1. The van der Waals surface area contributed by atoms with E-state index in [9.17, 15) is 8.42 Å². The fraction of sp³-hybridized carbons (Fsp3) is 0.333. The number of nitrogens with zero attached hydrogens (tertiary/aromatic N) is 1. The molecule has 0 saturated carbocycles. The molecule has 0 bridgehead atoms. The molecule has 2 aromatic rings. The van der Waals surface area contributed by atoms with Crippen LogP contribution in [0.4, 0.5) is 0 Å². The van der Waals surface area contributed by atoms with Crippen molar-refractivity contribution >= 4 is 26.0 Å². The number of hydrogen-bond donors (Lipinski definition) is 1. The summed E-state index contributed by atoms with van der Waals surface area (Å²) in [6.45, 7) is 4.76. The Kier molecular flexibility index (Phi) is 6.57. The summed E-state index contributed by atoms with van der Waals surface area (Å²) >= 11 is 3.39. The minimum absolute atomic E-state index is 0.143. The summed E-state index contributed by atoms with van der Waals surface area (Å²) in [6.07, 6.45) is 0. The SMILES string of the molecule is CNCc1ccc(Br)c(S(=O)(=O)N(Cc2ccccc2)C(C)C)c1. The number of hydrogen-bond acceptors (Lipinski definition) is 3. The molecule has 2 aromatic carbocycles. The second-order valence-corrected chi connectivity index (χ2v) is 8.64. The van der Waals surface area contributed by atoms with Crippen LogP contribution in [0, 0.1) is 0 Å². The standard InChI is InChI=1S/C18H23BrN2O2S/c1-14(2)21(13-15-7-5-4-6-8-15)24(22,23)18-11-16(12-20-3)9-10-17(18)19/h4-11,14,20H,12-13H2,1-3H3. The van der Waals surface area contributed by atoms with Crippen molar-refractivity contribution in [2.75, 3.05) is 7.05 Å². The normalized spacial score (nSPS) is 12.1. The maximum atomic E-state index is 13.2. The average Bonchev–Trinajstić information content (AvgIpc) is 2.55. The van der Waals surface area contributed by atoms with Crippen LogP contribution in [0.5, 0.6) is 0 Å². The summed E-state index contributed by atoms with van der Waals surface area (Å²) < 4.78 is 28.6. The predicted molar refractivity (Wildman–Crippen MR) is 101 cm³/mol. The summed E-state index contributed by atoms with van der Waals surface area (Å²) in [5.41, 5.74) is 1.90. The summed E-state index contributed by atoms with van der Waals surface area (Å²) in [5, 5.41) is 3.05. The van der Waals surface area contributed by atoms with E-state index in [-0.39, 0.29) is 6.04 Å². The topological polar surface area (TPSA) is 49.4 Å². The van der Waals surface area contributed by atoms with Gasteiger partial charge in [-0.1, -0.05) is 36.4 Å². The lowest BCUT2D eigenvalue weighted by atomic mass is 10.2. The first-order chi connectivity index (χ1) is 11.4. The van der Waals surface area contributed by atoms with Crippen LogP contribution in [0.25, 0.3) is 0 Å². The molecule has 0 atom stereocenters. The quantitative estimate of drug-likeness (QED) is 0.755. The molecule has 0 aliphatic heterocycles. The van der Waals surface area contributed by atoms with Gasteiger partial charge in [-0.05, 0) is 60.1 Å². The van der Waals surface area contributed by atoms with E-state index >= 15 is 0 Å². The molecule has 0 saturated heterocycles. The van der Waals surface area contributed by atoms with E-state index in [1.54, 1.807) is 12.1 Å². The molecular formula is C18H23BrN2O2S. The third kappa shape index (κ3) is 4.45. The molecule has 0 radical (unpaired) electrons. The van der Waals surface area contributed by atoms with E-state index in [0.29, 0.717) is 22.5 Å². The maximum absolute atomic E-state index is 13.2. The second kappa shape index (κ2) is 8.25. The van der Waals surface area contributed by atoms with Crippen LogP contribution >= 0.6 is 15.9 Å². The second-order valence-electron chi connectivity index (χ2n) is 5.92. The highest BCUT2D eigenvalue weighted by Crippen LogP contribution is 2.28. The van der Waals surface area contributed by atoms with Crippen LogP contribution in [0.15, 0.2) is 57.9 Å². The van der Waals surface area contributed by atoms with Gasteiger partial charge in [-0.3, -0.25) is 0 Å². The molecule has 0 unspecified atom stereocenters. The molecule has 0 aliphatic rings. The summed E-state index contributed by atoms with van der Waals surface area (Å²) in [5.74, 6) is 0. The van der Waals surface area contributed by atoms with Crippen molar-refractivity contribution in [2.24, 2.45) is 0 Å². The third-order valence-corrected chi connectivity index (χ3v) is 6.74. The van der Waals surface area contributed by atoms with E-state index in [4.69, 9.17) is 0 Å². The highest BCUT2D eigenvalue weighted by molar-refractivity contribution is 9.10. The number of nitrogens with one attached hydrogen (secondary N) is 1. The lowest BCUT2D eigenvalue weighted by molar-refractivity contribution is 0.348. The molecular weight excluding hydrogens is 388 g/mol. The first-order valence-electron chi connectivity index (χ1n) is 7.85. The Morgan fingerprint density at radius 2 is 1.75 bits per heavy atom. The van der Waals surface area contributed by atoms with Crippen LogP contribution < -0.4 is 5.32 Å². The van der Waals surface area contributed by atoms with Crippen molar-refractivity contribution in [3.63, 3.8) is 0 Å². The van der Waals surface area contributed by atoms with Crippen molar-refractivity contribution in [3.8, 4) is 0 Å². The highest BCUT2D eigenvalue weighted by Gasteiger charge is 2.29.